The van der Waals surface area contributed by atoms with E-state index >= 15 is 0 Å². The number of β-amino-alcohol motifs (C(OH)–C–C–N with tert-alkyl or cyclic N) is 1. The zero-order valence-electron chi connectivity index (χ0n) is 9.71. The first kappa shape index (κ1) is 12.3. The Morgan fingerprint density at radius 1 is 1.24 bits per heavy atom. The summed E-state index contributed by atoms with van der Waals surface area (Å²) in [5.41, 5.74) is 0. The van der Waals surface area contributed by atoms with Gasteiger partial charge in [0.25, 0.3) is 0 Å². The van der Waals surface area contributed by atoms with Gasteiger partial charge in [0.15, 0.2) is 0 Å². The number of carbonyl (C=O) groups is 2. The largest absolute Gasteiger partial charge is 0.480 e. The van der Waals surface area contributed by atoms with Gasteiger partial charge in [-0.25, -0.2) is 0 Å². The lowest BCUT2D eigenvalue weighted by Gasteiger charge is -2.23. The highest BCUT2D eigenvalue weighted by Crippen LogP contribution is 2.18. The molecule has 0 saturated carbocycles. The molecular weight excluding hydrogens is 224 g/mol. The minimum atomic E-state index is -0.962. The molecule has 2 saturated heterocycles. The summed E-state index contributed by atoms with van der Waals surface area (Å²) >= 11 is 0. The van der Waals surface area contributed by atoms with Crippen LogP contribution in [0.5, 0.6) is 0 Å². The van der Waals surface area contributed by atoms with Crippen molar-refractivity contribution in [3.8, 4) is 0 Å². The Morgan fingerprint density at radius 2 is 1.88 bits per heavy atom. The van der Waals surface area contributed by atoms with Crippen LogP contribution >= 0.6 is 0 Å². The van der Waals surface area contributed by atoms with Gasteiger partial charge < -0.3 is 15.1 Å². The molecule has 6 heteroatoms. The Morgan fingerprint density at radius 3 is 2.47 bits per heavy atom. The van der Waals surface area contributed by atoms with Crippen LogP contribution in [-0.2, 0) is 9.59 Å². The molecule has 17 heavy (non-hydrogen) atoms. The van der Waals surface area contributed by atoms with Gasteiger partial charge in [-0.2, -0.15) is 0 Å². The number of hydrogen-bond donors (Lipinski definition) is 2. The van der Waals surface area contributed by atoms with Crippen molar-refractivity contribution >= 4 is 11.9 Å². The molecule has 1 amide bonds. The van der Waals surface area contributed by atoms with Crippen molar-refractivity contribution in [1.29, 1.82) is 0 Å². The maximum Gasteiger partial charge on any atom is 0.321 e. The predicted molar refractivity (Wildman–Crippen MR) is 59.4 cm³/mol. The number of amides is 1. The summed E-state index contributed by atoms with van der Waals surface area (Å²) in [4.78, 5) is 26.2. The number of rotatable bonds is 3. The van der Waals surface area contributed by atoms with Crippen molar-refractivity contribution in [2.24, 2.45) is 0 Å². The lowest BCUT2D eigenvalue weighted by atomic mass is 10.2. The van der Waals surface area contributed by atoms with E-state index in [2.05, 4.69) is 0 Å². The number of carbonyl (C=O) groups excluding carboxylic acids is 1. The van der Waals surface area contributed by atoms with Crippen molar-refractivity contribution in [1.82, 2.24) is 9.80 Å². The van der Waals surface area contributed by atoms with Crippen LogP contribution in [0.2, 0.25) is 0 Å². The van der Waals surface area contributed by atoms with Crippen molar-refractivity contribution in [2.45, 2.75) is 31.4 Å². The Kier molecular flexibility index (Phi) is 3.63. The summed E-state index contributed by atoms with van der Waals surface area (Å²) in [5, 5.41) is 18.5. The Bertz CT molecular complexity index is 315. The molecule has 2 rings (SSSR count). The minimum absolute atomic E-state index is 0.0251. The van der Waals surface area contributed by atoms with Crippen molar-refractivity contribution < 1.29 is 19.8 Å². The standard InChI is InChI=1S/C11H18N2O4/c14-8-5-9(11(16)17)13(6-8)7-10(15)12-3-1-2-4-12/h8-9,14H,1-7H2,(H,16,17). The first-order valence-corrected chi connectivity index (χ1v) is 6.00. The SMILES string of the molecule is O=C(O)C1CC(O)CN1CC(=O)N1CCCC1. The van der Waals surface area contributed by atoms with E-state index in [4.69, 9.17) is 5.11 Å². The van der Waals surface area contributed by atoms with E-state index in [0.717, 1.165) is 25.9 Å². The molecule has 2 aliphatic rings. The monoisotopic (exact) mass is 242 g/mol. The molecule has 0 spiro atoms. The van der Waals surface area contributed by atoms with Crippen LogP contribution in [0.1, 0.15) is 19.3 Å². The van der Waals surface area contributed by atoms with E-state index in [-0.39, 0.29) is 25.4 Å². The topological polar surface area (TPSA) is 81.1 Å². The van der Waals surface area contributed by atoms with Gasteiger partial charge in [-0.3, -0.25) is 14.5 Å². The van der Waals surface area contributed by atoms with Crippen molar-refractivity contribution in [3.63, 3.8) is 0 Å². The molecule has 0 radical (unpaired) electrons. The third kappa shape index (κ3) is 2.76. The Labute approximate surface area is 99.8 Å². The first-order chi connectivity index (χ1) is 8.08. The number of hydrogen-bond acceptors (Lipinski definition) is 4. The number of carboxylic acids is 1. The quantitative estimate of drug-likeness (QED) is 0.672. The molecule has 0 aliphatic carbocycles. The van der Waals surface area contributed by atoms with Gasteiger partial charge >= 0.3 is 5.97 Å². The second-order valence-electron chi connectivity index (χ2n) is 4.76. The van der Waals surface area contributed by atoms with Gasteiger partial charge in [0.2, 0.25) is 5.91 Å². The highest BCUT2D eigenvalue weighted by Gasteiger charge is 2.37. The summed E-state index contributed by atoms with van der Waals surface area (Å²) in [6, 6.07) is -0.725. The molecular formula is C11H18N2O4. The fraction of sp³-hybridized carbons (Fsp3) is 0.818. The van der Waals surface area contributed by atoms with E-state index in [1.165, 1.54) is 0 Å². The maximum absolute atomic E-state index is 11.9. The number of aliphatic hydroxyl groups excluding tert-OH is 1. The number of likely N-dealkylation sites (tertiary alicyclic amines) is 2. The smallest absolute Gasteiger partial charge is 0.321 e. The van der Waals surface area contributed by atoms with Gasteiger partial charge in [-0.1, -0.05) is 0 Å². The summed E-state index contributed by atoms with van der Waals surface area (Å²) in [5.74, 6) is -0.987. The highest BCUT2D eigenvalue weighted by molar-refractivity contribution is 5.80. The van der Waals surface area contributed by atoms with Crippen molar-refractivity contribution in [2.75, 3.05) is 26.2 Å². The third-order valence-corrected chi connectivity index (χ3v) is 3.46. The maximum atomic E-state index is 11.9. The van der Waals surface area contributed by atoms with E-state index in [1.807, 2.05) is 0 Å². The average molecular weight is 242 g/mol. The third-order valence-electron chi connectivity index (χ3n) is 3.46. The van der Waals surface area contributed by atoms with Crippen LogP contribution in [0.15, 0.2) is 0 Å². The Balaban J connectivity index is 1.92. The summed E-state index contributed by atoms with van der Waals surface area (Å²) < 4.78 is 0. The normalized spacial score (nSPS) is 29.8. The highest BCUT2D eigenvalue weighted by atomic mass is 16.4. The van der Waals surface area contributed by atoms with Crippen LogP contribution in [-0.4, -0.2) is 70.2 Å². The fourth-order valence-electron chi connectivity index (χ4n) is 2.55. The predicted octanol–water partition coefficient (Wildman–Crippen LogP) is -0.871. The van der Waals surface area contributed by atoms with Crippen LogP contribution in [0, 0.1) is 0 Å². The van der Waals surface area contributed by atoms with Gasteiger partial charge in [0.05, 0.1) is 12.6 Å². The van der Waals surface area contributed by atoms with Crippen LogP contribution < -0.4 is 0 Å². The van der Waals surface area contributed by atoms with E-state index in [9.17, 15) is 14.7 Å². The first-order valence-electron chi connectivity index (χ1n) is 6.00. The molecule has 0 aromatic rings. The molecule has 2 heterocycles. The van der Waals surface area contributed by atoms with Gasteiger partial charge in [0.1, 0.15) is 6.04 Å². The van der Waals surface area contributed by atoms with Gasteiger partial charge in [-0.05, 0) is 12.8 Å². The average Bonchev–Trinajstić information content (AvgIpc) is 2.86. The van der Waals surface area contributed by atoms with Crippen molar-refractivity contribution in [3.05, 3.63) is 0 Å². The minimum Gasteiger partial charge on any atom is -0.480 e. The number of aliphatic carboxylic acids is 1. The summed E-state index contributed by atoms with van der Waals surface area (Å²) in [6.45, 7) is 1.92. The zero-order chi connectivity index (χ0) is 12.4. The van der Waals surface area contributed by atoms with Gasteiger partial charge in [0, 0.05) is 26.1 Å². The molecule has 0 aromatic carbocycles. The van der Waals surface area contributed by atoms with E-state index in [0.29, 0.717) is 0 Å². The molecule has 2 unspecified atom stereocenters. The fourth-order valence-corrected chi connectivity index (χ4v) is 2.55. The van der Waals surface area contributed by atoms with E-state index in [1.54, 1.807) is 9.80 Å². The Hall–Kier alpha value is -1.14. The zero-order valence-corrected chi connectivity index (χ0v) is 9.71. The molecule has 6 nitrogen and oxygen atoms in total. The number of carboxylic acid groups (broad SMARTS) is 1. The molecule has 96 valence electrons. The van der Waals surface area contributed by atoms with Crippen LogP contribution in [0.3, 0.4) is 0 Å². The summed E-state index contributed by atoms with van der Waals surface area (Å²) in [7, 11) is 0. The molecule has 0 bridgehead atoms. The van der Waals surface area contributed by atoms with Crippen LogP contribution in [0.4, 0.5) is 0 Å². The van der Waals surface area contributed by atoms with E-state index < -0.39 is 18.1 Å². The molecule has 2 N–H and O–H groups in total. The molecule has 0 aromatic heterocycles. The second-order valence-corrected chi connectivity index (χ2v) is 4.76. The second kappa shape index (κ2) is 5.01. The van der Waals surface area contributed by atoms with Gasteiger partial charge in [-0.15, -0.1) is 0 Å². The number of nitrogens with zero attached hydrogens (tertiary/aromatic N) is 2. The van der Waals surface area contributed by atoms with Crippen LogP contribution in [0.25, 0.3) is 0 Å². The molecule has 2 fully saturated rings. The number of aliphatic hydroxyl groups is 1. The lowest BCUT2D eigenvalue weighted by molar-refractivity contribution is -0.143. The molecule has 2 atom stereocenters. The summed E-state index contributed by atoms with van der Waals surface area (Å²) in [6.07, 6.45) is 1.62. The molecule has 2 aliphatic heterocycles. The lowest BCUT2D eigenvalue weighted by Crippen LogP contribution is -2.44.